The summed E-state index contributed by atoms with van der Waals surface area (Å²) in [5.74, 6) is -2.29. The summed E-state index contributed by atoms with van der Waals surface area (Å²) in [6, 6.07) is 5.40. The van der Waals surface area contributed by atoms with E-state index in [9.17, 15) is 19.8 Å². The van der Waals surface area contributed by atoms with E-state index >= 15 is 0 Å². The Morgan fingerprint density at radius 1 is 1.26 bits per heavy atom. The smallest absolute Gasteiger partial charge is 0.333 e. The first kappa shape index (κ1) is 14.1. The molecule has 1 aromatic carbocycles. The number of carbonyl (C=O) groups is 2. The molecule has 0 saturated heterocycles. The van der Waals surface area contributed by atoms with Crippen LogP contribution in [0.5, 0.6) is 5.75 Å². The van der Waals surface area contributed by atoms with Gasteiger partial charge < -0.3 is 20.3 Å². The van der Waals surface area contributed by atoms with Crippen LogP contribution in [0.25, 0.3) is 0 Å². The molecule has 23 heavy (non-hydrogen) atoms. The van der Waals surface area contributed by atoms with Crippen molar-refractivity contribution >= 4 is 11.9 Å². The van der Waals surface area contributed by atoms with Crippen molar-refractivity contribution in [2.45, 2.75) is 31.2 Å². The maximum absolute atomic E-state index is 12.2. The summed E-state index contributed by atoms with van der Waals surface area (Å²) in [6.07, 6.45) is 0. The number of nitrogens with one attached hydrogen (secondary N) is 1. The molecule has 0 bridgehead atoms. The molecule has 6 nitrogen and oxygen atoms in total. The van der Waals surface area contributed by atoms with E-state index in [0.717, 1.165) is 11.1 Å². The van der Waals surface area contributed by atoms with E-state index in [1.54, 1.807) is 26.2 Å². The fraction of sp³-hybridized carbons (Fsp3) is 0.412. The molecule has 0 aromatic heterocycles. The lowest BCUT2D eigenvalue weighted by Crippen LogP contribution is -2.47. The topological polar surface area (TPSA) is 95.9 Å². The third-order valence-corrected chi connectivity index (χ3v) is 5.90. The van der Waals surface area contributed by atoms with Gasteiger partial charge in [-0.05, 0) is 37.1 Å². The van der Waals surface area contributed by atoms with Crippen molar-refractivity contribution in [3.63, 3.8) is 0 Å². The fourth-order valence-corrected chi connectivity index (χ4v) is 5.09. The molecule has 1 aromatic rings. The summed E-state index contributed by atoms with van der Waals surface area (Å²) in [6.45, 7) is 3.57. The van der Waals surface area contributed by atoms with Gasteiger partial charge in [0.1, 0.15) is 11.2 Å². The van der Waals surface area contributed by atoms with Gasteiger partial charge in [-0.25, -0.2) is 4.79 Å². The number of methoxy groups -OCH3 is 1. The largest absolute Gasteiger partial charge is 0.497 e. The van der Waals surface area contributed by atoms with Crippen LogP contribution in [0, 0.1) is 5.41 Å². The number of ether oxygens (including phenoxy) is 1. The summed E-state index contributed by atoms with van der Waals surface area (Å²) in [5.41, 5.74) is 0.537. The predicted octanol–water partition coefficient (Wildman–Crippen LogP) is 1.68. The van der Waals surface area contributed by atoms with Crippen molar-refractivity contribution in [3.05, 3.63) is 40.6 Å². The molecule has 1 heterocycles. The van der Waals surface area contributed by atoms with E-state index in [-0.39, 0.29) is 11.5 Å². The number of aliphatic carboxylic acids is 2. The first-order valence-corrected chi connectivity index (χ1v) is 7.44. The van der Waals surface area contributed by atoms with Gasteiger partial charge in [0.25, 0.3) is 0 Å². The van der Waals surface area contributed by atoms with Crippen molar-refractivity contribution in [2.24, 2.45) is 5.41 Å². The van der Waals surface area contributed by atoms with Gasteiger partial charge in [-0.3, -0.25) is 4.79 Å². The normalized spacial score (nSPS) is 36.0. The van der Waals surface area contributed by atoms with E-state index in [1.165, 1.54) is 0 Å². The number of hydrogen-bond donors (Lipinski definition) is 3. The Balaban J connectivity index is 2.03. The monoisotopic (exact) mass is 315 g/mol. The Kier molecular flexibility index (Phi) is 2.38. The lowest BCUT2D eigenvalue weighted by Gasteiger charge is -2.36. The van der Waals surface area contributed by atoms with E-state index < -0.39 is 28.8 Å². The molecule has 3 aliphatic rings. The Labute approximate surface area is 132 Å². The van der Waals surface area contributed by atoms with Crippen LogP contribution in [0.1, 0.15) is 36.8 Å². The third kappa shape index (κ3) is 1.27. The molecule has 0 radical (unpaired) electrons. The first-order valence-electron chi connectivity index (χ1n) is 7.44. The maximum Gasteiger partial charge on any atom is 0.333 e. The standard InChI is InChI=1S/C17H17NO5/c1-7-11(14(19)20)12-9-5-4-8(23-3)6-10(9)13-16(2,18-7)17(12,13)15(21)22/h4-6,12-13,18H,1-3H3,(H,19,20)(H,21,22)/t12?,13?,16?,17-/m1/s1. The second-order valence-electron chi connectivity index (χ2n) is 6.71. The summed E-state index contributed by atoms with van der Waals surface area (Å²) in [4.78, 5) is 24.0. The molecule has 0 amide bonds. The van der Waals surface area contributed by atoms with E-state index in [1.807, 2.05) is 13.0 Å². The van der Waals surface area contributed by atoms with Crippen LogP contribution in [0.15, 0.2) is 29.5 Å². The molecule has 120 valence electrons. The minimum absolute atomic E-state index is 0.149. The predicted molar refractivity (Wildman–Crippen MR) is 80.4 cm³/mol. The Morgan fingerprint density at radius 2 is 1.96 bits per heavy atom. The van der Waals surface area contributed by atoms with Crippen LogP contribution in [0.3, 0.4) is 0 Å². The highest BCUT2D eigenvalue weighted by Gasteiger charge is 2.87. The average molecular weight is 315 g/mol. The van der Waals surface area contributed by atoms with Crippen molar-refractivity contribution in [1.29, 1.82) is 0 Å². The molecule has 4 atom stereocenters. The molecule has 1 aliphatic heterocycles. The number of carboxylic acid groups (broad SMARTS) is 2. The quantitative estimate of drug-likeness (QED) is 0.785. The van der Waals surface area contributed by atoms with Crippen molar-refractivity contribution in [3.8, 4) is 5.75 Å². The molecule has 4 rings (SSSR count). The zero-order valence-corrected chi connectivity index (χ0v) is 13.0. The van der Waals surface area contributed by atoms with E-state index in [0.29, 0.717) is 11.4 Å². The molecule has 3 N–H and O–H groups in total. The van der Waals surface area contributed by atoms with Crippen molar-refractivity contribution < 1.29 is 24.5 Å². The molecular formula is C17H17NO5. The zero-order chi connectivity index (χ0) is 16.7. The van der Waals surface area contributed by atoms with Gasteiger partial charge in [-0.1, -0.05) is 6.07 Å². The molecule has 6 heteroatoms. The number of hydrogen-bond acceptors (Lipinski definition) is 4. The van der Waals surface area contributed by atoms with Gasteiger partial charge in [0.05, 0.1) is 18.2 Å². The van der Waals surface area contributed by atoms with Gasteiger partial charge in [0.2, 0.25) is 0 Å². The molecule has 0 spiro atoms. The van der Waals surface area contributed by atoms with Crippen LogP contribution >= 0.6 is 0 Å². The molecule has 1 fully saturated rings. The van der Waals surface area contributed by atoms with Crippen LogP contribution < -0.4 is 10.1 Å². The molecule has 2 aliphatic carbocycles. The minimum atomic E-state index is -1.14. The minimum Gasteiger partial charge on any atom is -0.497 e. The second-order valence-corrected chi connectivity index (χ2v) is 6.71. The summed E-state index contributed by atoms with van der Waals surface area (Å²) in [7, 11) is 1.56. The number of allylic oxidation sites excluding steroid dienone is 1. The van der Waals surface area contributed by atoms with Crippen molar-refractivity contribution in [1.82, 2.24) is 5.32 Å². The molecular weight excluding hydrogens is 298 g/mol. The van der Waals surface area contributed by atoms with Gasteiger partial charge in [-0.15, -0.1) is 0 Å². The van der Waals surface area contributed by atoms with Gasteiger partial charge in [-0.2, -0.15) is 0 Å². The first-order chi connectivity index (χ1) is 10.8. The number of fused-ring (bicyclic) bond motifs is 4. The number of rotatable bonds is 3. The number of benzene rings is 1. The fourth-order valence-electron chi connectivity index (χ4n) is 5.09. The van der Waals surface area contributed by atoms with Gasteiger partial charge in [0, 0.05) is 17.5 Å². The van der Waals surface area contributed by atoms with Gasteiger partial charge >= 0.3 is 11.9 Å². The molecule has 3 unspecified atom stereocenters. The van der Waals surface area contributed by atoms with Crippen LogP contribution in [0.4, 0.5) is 0 Å². The Hall–Kier alpha value is -2.50. The average Bonchev–Trinajstić information content (AvgIpc) is 2.89. The number of carboxylic acids is 2. The van der Waals surface area contributed by atoms with Gasteiger partial charge in [0.15, 0.2) is 0 Å². The highest BCUT2D eigenvalue weighted by molar-refractivity contribution is 5.99. The SMILES string of the molecule is COc1ccc2c(c1)C1C3(C)NC(C)=C(C(=O)O)C2[C@]13C(=O)O. The lowest BCUT2D eigenvalue weighted by molar-refractivity contribution is -0.145. The van der Waals surface area contributed by atoms with E-state index in [4.69, 9.17) is 4.74 Å². The Bertz CT molecular complexity index is 813. The molecule has 1 saturated carbocycles. The highest BCUT2D eigenvalue weighted by Crippen LogP contribution is 2.81. The zero-order valence-electron chi connectivity index (χ0n) is 13.0. The summed E-state index contributed by atoms with van der Waals surface area (Å²) in [5, 5.41) is 22.8. The van der Waals surface area contributed by atoms with E-state index in [2.05, 4.69) is 5.32 Å². The highest BCUT2D eigenvalue weighted by atomic mass is 16.5. The lowest BCUT2D eigenvalue weighted by atomic mass is 9.74. The summed E-state index contributed by atoms with van der Waals surface area (Å²) >= 11 is 0. The van der Waals surface area contributed by atoms with Crippen LogP contribution in [-0.2, 0) is 9.59 Å². The van der Waals surface area contributed by atoms with Crippen molar-refractivity contribution in [2.75, 3.05) is 7.11 Å². The maximum atomic E-state index is 12.2. The Morgan fingerprint density at radius 3 is 2.52 bits per heavy atom. The van der Waals surface area contributed by atoms with Crippen LogP contribution in [-0.4, -0.2) is 34.8 Å². The third-order valence-electron chi connectivity index (χ3n) is 5.90. The second kappa shape index (κ2) is 3.88. The van der Waals surface area contributed by atoms with Crippen LogP contribution in [0.2, 0.25) is 0 Å². The summed E-state index contributed by atoms with van der Waals surface area (Å²) < 4.78 is 5.25.